The summed E-state index contributed by atoms with van der Waals surface area (Å²) < 4.78 is 1.83. The summed E-state index contributed by atoms with van der Waals surface area (Å²) >= 11 is 0. The standard InChI is InChI=1S/C21H32N4O.ClH/c1-25-13-17(10-24-25)18-11-22-12-19(18)20(26)23-3-2-21-7-14-4-15(8-21)6-16(5-14)9-21;/h10,13-16,18-19,22H,2-9,11-12H2,1H3,(H,23,26);1H/t14?,15?,16?,18-,19+,21?;/m1./s1. The van der Waals surface area contributed by atoms with Gasteiger partial charge in [-0.15, -0.1) is 12.4 Å². The fourth-order valence-electron chi connectivity index (χ4n) is 7.11. The molecular formula is C21H33ClN4O. The van der Waals surface area contributed by atoms with E-state index in [9.17, 15) is 4.79 Å². The lowest BCUT2D eigenvalue weighted by atomic mass is 9.49. The second kappa shape index (κ2) is 7.40. The number of aromatic nitrogens is 2. The Morgan fingerprint density at radius 3 is 2.48 bits per heavy atom. The lowest BCUT2D eigenvalue weighted by Crippen LogP contribution is -2.47. The van der Waals surface area contributed by atoms with Crippen molar-refractivity contribution in [3.63, 3.8) is 0 Å². The molecule has 1 aliphatic heterocycles. The number of carbonyl (C=O) groups excluding carboxylic acids is 1. The topological polar surface area (TPSA) is 59.0 Å². The van der Waals surface area contributed by atoms with E-state index < -0.39 is 0 Å². The van der Waals surface area contributed by atoms with Crippen LogP contribution in [0.25, 0.3) is 0 Å². The van der Waals surface area contributed by atoms with Crippen molar-refractivity contribution < 1.29 is 4.79 Å². The lowest BCUT2D eigenvalue weighted by molar-refractivity contribution is -0.125. The molecule has 6 rings (SSSR count). The van der Waals surface area contributed by atoms with Gasteiger partial charge in [0.05, 0.1) is 12.1 Å². The van der Waals surface area contributed by atoms with Gasteiger partial charge in [0, 0.05) is 38.8 Å². The summed E-state index contributed by atoms with van der Waals surface area (Å²) in [4.78, 5) is 12.8. The Morgan fingerprint density at radius 1 is 1.22 bits per heavy atom. The van der Waals surface area contributed by atoms with Crippen molar-refractivity contribution in [3.8, 4) is 0 Å². The highest BCUT2D eigenvalue weighted by atomic mass is 35.5. The number of hydrogen-bond donors (Lipinski definition) is 2. The summed E-state index contributed by atoms with van der Waals surface area (Å²) in [7, 11) is 1.94. The number of amides is 1. The quantitative estimate of drug-likeness (QED) is 0.810. The summed E-state index contributed by atoms with van der Waals surface area (Å²) in [5.41, 5.74) is 1.73. The molecule has 5 nitrogen and oxygen atoms in total. The molecule has 27 heavy (non-hydrogen) atoms. The molecule has 6 heteroatoms. The monoisotopic (exact) mass is 392 g/mol. The summed E-state index contributed by atoms with van der Waals surface area (Å²) in [5, 5.41) is 11.0. The van der Waals surface area contributed by atoms with E-state index in [1.165, 1.54) is 50.5 Å². The van der Waals surface area contributed by atoms with E-state index in [0.29, 0.717) is 5.41 Å². The van der Waals surface area contributed by atoms with Gasteiger partial charge in [0.1, 0.15) is 0 Å². The van der Waals surface area contributed by atoms with Gasteiger partial charge in [-0.05, 0) is 73.7 Å². The van der Waals surface area contributed by atoms with Crippen LogP contribution in [0.2, 0.25) is 0 Å². The zero-order chi connectivity index (χ0) is 17.7. The molecule has 5 fully saturated rings. The summed E-state index contributed by atoms with van der Waals surface area (Å²) in [5.74, 6) is 3.50. The Hall–Kier alpha value is -1.07. The maximum absolute atomic E-state index is 12.8. The molecule has 1 amide bonds. The van der Waals surface area contributed by atoms with Gasteiger partial charge in [0.15, 0.2) is 0 Å². The van der Waals surface area contributed by atoms with Crippen LogP contribution >= 0.6 is 12.4 Å². The van der Waals surface area contributed by atoms with Crippen molar-refractivity contribution in [3.05, 3.63) is 18.0 Å². The number of hydrogen-bond acceptors (Lipinski definition) is 3. The molecule has 0 aromatic carbocycles. The molecule has 5 aliphatic rings. The van der Waals surface area contributed by atoms with E-state index in [4.69, 9.17) is 0 Å². The molecule has 150 valence electrons. The van der Waals surface area contributed by atoms with Crippen molar-refractivity contribution in [2.75, 3.05) is 19.6 Å². The van der Waals surface area contributed by atoms with E-state index in [0.717, 1.165) is 37.4 Å². The van der Waals surface area contributed by atoms with E-state index in [2.05, 4.69) is 15.7 Å². The molecule has 4 aliphatic carbocycles. The average Bonchev–Trinajstić information content (AvgIpc) is 3.21. The molecule has 4 bridgehead atoms. The van der Waals surface area contributed by atoms with E-state index in [1.54, 1.807) is 0 Å². The first kappa shape index (κ1) is 19.3. The van der Waals surface area contributed by atoms with Crippen LogP contribution in [0.15, 0.2) is 12.4 Å². The van der Waals surface area contributed by atoms with E-state index >= 15 is 0 Å². The first-order valence-electron chi connectivity index (χ1n) is 10.6. The molecule has 2 atom stereocenters. The number of aryl methyl sites for hydroxylation is 1. The third-order valence-electron chi connectivity index (χ3n) is 7.82. The van der Waals surface area contributed by atoms with Crippen molar-refractivity contribution in [1.29, 1.82) is 0 Å². The second-order valence-electron chi connectivity index (χ2n) is 9.78. The molecular weight excluding hydrogens is 360 g/mol. The fourth-order valence-corrected chi connectivity index (χ4v) is 7.11. The minimum absolute atomic E-state index is 0. The largest absolute Gasteiger partial charge is 0.356 e. The maximum Gasteiger partial charge on any atom is 0.225 e. The Labute approximate surface area is 168 Å². The first-order chi connectivity index (χ1) is 12.6. The van der Waals surface area contributed by atoms with Crippen LogP contribution in [0, 0.1) is 29.1 Å². The van der Waals surface area contributed by atoms with Crippen molar-refractivity contribution in [2.45, 2.75) is 50.9 Å². The molecule has 0 spiro atoms. The van der Waals surface area contributed by atoms with E-state index in [-0.39, 0.29) is 30.2 Å². The zero-order valence-electron chi connectivity index (χ0n) is 16.3. The SMILES string of the molecule is Cl.Cn1cc([C@H]2CNC[C@@H]2C(=O)NCCC23CC4CC(CC(C4)C2)C3)cn1. The van der Waals surface area contributed by atoms with Gasteiger partial charge in [-0.2, -0.15) is 5.10 Å². The van der Waals surface area contributed by atoms with Crippen LogP contribution in [0.3, 0.4) is 0 Å². The van der Waals surface area contributed by atoms with Crippen molar-refractivity contribution in [1.82, 2.24) is 20.4 Å². The van der Waals surface area contributed by atoms with Gasteiger partial charge in [0.2, 0.25) is 5.91 Å². The molecule has 1 aromatic heterocycles. The average molecular weight is 393 g/mol. The first-order valence-corrected chi connectivity index (χ1v) is 10.6. The van der Waals surface area contributed by atoms with Crippen LogP contribution in [0.1, 0.15) is 56.4 Å². The molecule has 4 saturated carbocycles. The Bertz CT molecular complexity index is 652. The zero-order valence-corrected chi connectivity index (χ0v) is 17.1. The highest BCUT2D eigenvalue weighted by molar-refractivity contribution is 5.85. The van der Waals surface area contributed by atoms with Crippen molar-refractivity contribution in [2.24, 2.45) is 36.1 Å². The van der Waals surface area contributed by atoms with Gasteiger partial charge in [-0.1, -0.05) is 0 Å². The number of nitrogens with one attached hydrogen (secondary N) is 2. The molecule has 1 aromatic rings. The second-order valence-corrected chi connectivity index (χ2v) is 9.78. The maximum atomic E-state index is 12.8. The van der Waals surface area contributed by atoms with Crippen LogP contribution in [-0.4, -0.2) is 35.3 Å². The van der Waals surface area contributed by atoms with Gasteiger partial charge < -0.3 is 10.6 Å². The molecule has 2 N–H and O–H groups in total. The fraction of sp³-hybridized carbons (Fsp3) is 0.810. The summed E-state index contributed by atoms with van der Waals surface area (Å²) in [6.07, 6.45) is 13.9. The smallest absolute Gasteiger partial charge is 0.225 e. The lowest BCUT2D eigenvalue weighted by Gasteiger charge is -2.57. The Balaban J connectivity index is 0.00000180. The normalized spacial score (nSPS) is 39.4. The highest BCUT2D eigenvalue weighted by Crippen LogP contribution is 2.61. The van der Waals surface area contributed by atoms with E-state index in [1.807, 2.05) is 24.1 Å². The minimum Gasteiger partial charge on any atom is -0.356 e. The van der Waals surface area contributed by atoms with Gasteiger partial charge in [-0.25, -0.2) is 0 Å². The Morgan fingerprint density at radius 2 is 1.89 bits per heavy atom. The number of carbonyl (C=O) groups is 1. The number of rotatable bonds is 5. The molecule has 2 heterocycles. The highest BCUT2D eigenvalue weighted by Gasteiger charge is 2.50. The number of halogens is 1. The third-order valence-corrected chi connectivity index (χ3v) is 7.82. The van der Waals surface area contributed by atoms with Crippen LogP contribution in [-0.2, 0) is 11.8 Å². The number of nitrogens with zero attached hydrogens (tertiary/aromatic N) is 2. The minimum atomic E-state index is 0. The predicted octanol–water partition coefficient (Wildman–Crippen LogP) is 2.87. The molecule has 0 radical (unpaired) electrons. The summed E-state index contributed by atoms with van der Waals surface area (Å²) in [6, 6.07) is 0. The van der Waals surface area contributed by atoms with Gasteiger partial charge >= 0.3 is 0 Å². The van der Waals surface area contributed by atoms with Crippen LogP contribution in [0.4, 0.5) is 0 Å². The third kappa shape index (κ3) is 3.65. The van der Waals surface area contributed by atoms with Gasteiger partial charge in [0.25, 0.3) is 0 Å². The predicted molar refractivity (Wildman–Crippen MR) is 108 cm³/mol. The molecule has 1 saturated heterocycles. The summed E-state index contributed by atoms with van der Waals surface area (Å²) in [6.45, 7) is 2.52. The van der Waals surface area contributed by atoms with Crippen LogP contribution < -0.4 is 10.6 Å². The Kier molecular flexibility index (Phi) is 5.28. The van der Waals surface area contributed by atoms with Gasteiger partial charge in [-0.3, -0.25) is 9.48 Å². The van der Waals surface area contributed by atoms with Crippen molar-refractivity contribution >= 4 is 18.3 Å². The van der Waals surface area contributed by atoms with Crippen LogP contribution in [0.5, 0.6) is 0 Å². The molecule has 0 unspecified atom stereocenters.